The molecular formula is C18H21FN2O. The molecule has 2 rings (SSSR count). The van der Waals surface area contributed by atoms with Crippen LogP contribution in [-0.2, 0) is 11.2 Å². The van der Waals surface area contributed by atoms with Crippen LogP contribution in [0.25, 0.3) is 0 Å². The number of carbonyl (C=O) groups is 1. The summed E-state index contributed by atoms with van der Waals surface area (Å²) in [5.41, 5.74) is 1.60. The summed E-state index contributed by atoms with van der Waals surface area (Å²) in [6.07, 6.45) is 0.480. The second-order valence-electron chi connectivity index (χ2n) is 5.46. The molecule has 4 heteroatoms. The van der Waals surface area contributed by atoms with Gasteiger partial charge in [-0.05, 0) is 37.1 Å². The van der Waals surface area contributed by atoms with Crippen LogP contribution in [0.2, 0.25) is 0 Å². The van der Waals surface area contributed by atoms with E-state index in [4.69, 9.17) is 0 Å². The van der Waals surface area contributed by atoms with E-state index in [-0.39, 0.29) is 24.3 Å². The molecule has 0 aromatic heterocycles. The monoisotopic (exact) mass is 300 g/mol. The molecule has 1 N–H and O–H groups in total. The van der Waals surface area contributed by atoms with Gasteiger partial charge in [-0.25, -0.2) is 4.39 Å². The van der Waals surface area contributed by atoms with Crippen molar-refractivity contribution in [3.8, 4) is 0 Å². The van der Waals surface area contributed by atoms with Crippen molar-refractivity contribution in [3.63, 3.8) is 0 Å². The van der Waals surface area contributed by atoms with Crippen molar-refractivity contribution in [1.82, 2.24) is 5.32 Å². The third kappa shape index (κ3) is 4.58. The van der Waals surface area contributed by atoms with Crippen molar-refractivity contribution in [1.29, 1.82) is 0 Å². The number of hydrogen-bond acceptors (Lipinski definition) is 2. The second kappa shape index (κ2) is 7.59. The summed E-state index contributed by atoms with van der Waals surface area (Å²) in [4.78, 5) is 13.9. The van der Waals surface area contributed by atoms with E-state index >= 15 is 0 Å². The van der Waals surface area contributed by atoms with Crippen LogP contribution in [0.3, 0.4) is 0 Å². The molecule has 22 heavy (non-hydrogen) atoms. The number of rotatable bonds is 6. The van der Waals surface area contributed by atoms with Gasteiger partial charge in [-0.1, -0.05) is 36.4 Å². The first-order valence-electron chi connectivity index (χ1n) is 7.35. The molecule has 1 atom stereocenters. The minimum absolute atomic E-state index is 0.0739. The van der Waals surface area contributed by atoms with Gasteiger partial charge in [0.05, 0.1) is 6.54 Å². The fraction of sp³-hybridized carbons (Fsp3) is 0.278. The molecule has 0 heterocycles. The molecule has 0 spiro atoms. The van der Waals surface area contributed by atoms with Crippen molar-refractivity contribution >= 4 is 11.6 Å². The van der Waals surface area contributed by atoms with Gasteiger partial charge in [0.2, 0.25) is 5.91 Å². The first kappa shape index (κ1) is 16.0. The van der Waals surface area contributed by atoms with Crippen molar-refractivity contribution in [2.75, 3.05) is 18.5 Å². The van der Waals surface area contributed by atoms with Gasteiger partial charge in [0.25, 0.3) is 0 Å². The summed E-state index contributed by atoms with van der Waals surface area (Å²) in [7, 11) is 1.87. The molecule has 0 saturated heterocycles. The summed E-state index contributed by atoms with van der Waals surface area (Å²) in [6.45, 7) is 2.15. The van der Waals surface area contributed by atoms with E-state index in [0.717, 1.165) is 5.69 Å². The van der Waals surface area contributed by atoms with Gasteiger partial charge in [-0.3, -0.25) is 4.79 Å². The molecule has 0 aliphatic heterocycles. The van der Waals surface area contributed by atoms with E-state index in [2.05, 4.69) is 5.32 Å². The molecule has 2 aromatic carbocycles. The fourth-order valence-corrected chi connectivity index (χ4v) is 2.35. The molecule has 116 valence electrons. The molecule has 0 radical (unpaired) electrons. The van der Waals surface area contributed by atoms with Gasteiger partial charge in [0.1, 0.15) is 5.82 Å². The maximum atomic E-state index is 13.6. The van der Waals surface area contributed by atoms with Gasteiger partial charge >= 0.3 is 0 Å². The van der Waals surface area contributed by atoms with E-state index < -0.39 is 0 Å². The molecule has 0 bridgehead atoms. The minimum Gasteiger partial charge on any atom is -0.365 e. The average Bonchev–Trinajstić information content (AvgIpc) is 2.50. The zero-order valence-electron chi connectivity index (χ0n) is 12.9. The maximum Gasteiger partial charge on any atom is 0.239 e. The van der Waals surface area contributed by atoms with E-state index in [1.54, 1.807) is 18.2 Å². The number of anilines is 1. The molecule has 3 nitrogen and oxygen atoms in total. The predicted molar refractivity (Wildman–Crippen MR) is 87.4 cm³/mol. The summed E-state index contributed by atoms with van der Waals surface area (Å²) < 4.78 is 13.6. The largest absolute Gasteiger partial charge is 0.365 e. The first-order chi connectivity index (χ1) is 10.6. The van der Waals surface area contributed by atoms with Crippen molar-refractivity contribution in [2.24, 2.45) is 0 Å². The normalized spacial score (nSPS) is 11.8. The minimum atomic E-state index is -0.231. The molecular weight excluding hydrogens is 279 g/mol. The Morgan fingerprint density at radius 3 is 2.45 bits per heavy atom. The first-order valence-corrected chi connectivity index (χ1v) is 7.35. The lowest BCUT2D eigenvalue weighted by Gasteiger charge is -2.21. The quantitative estimate of drug-likeness (QED) is 0.889. The zero-order valence-corrected chi connectivity index (χ0v) is 12.9. The number of hydrogen-bond donors (Lipinski definition) is 1. The van der Waals surface area contributed by atoms with E-state index in [0.29, 0.717) is 12.0 Å². The fourth-order valence-electron chi connectivity index (χ4n) is 2.35. The average molecular weight is 300 g/mol. The Balaban J connectivity index is 1.85. The smallest absolute Gasteiger partial charge is 0.239 e. The topological polar surface area (TPSA) is 32.3 Å². The maximum absolute atomic E-state index is 13.6. The highest BCUT2D eigenvalue weighted by molar-refractivity contribution is 5.81. The Bertz CT molecular complexity index is 615. The molecule has 0 aliphatic rings. The number of likely N-dealkylation sites (N-methyl/N-ethyl adjacent to an activating group) is 1. The molecule has 1 amide bonds. The number of nitrogens with one attached hydrogen (secondary N) is 1. The highest BCUT2D eigenvalue weighted by Gasteiger charge is 2.12. The molecule has 1 unspecified atom stereocenters. The van der Waals surface area contributed by atoms with Crippen LogP contribution < -0.4 is 10.2 Å². The Hall–Kier alpha value is -2.36. The Morgan fingerprint density at radius 1 is 1.14 bits per heavy atom. The highest BCUT2D eigenvalue weighted by Crippen LogP contribution is 2.11. The third-order valence-electron chi connectivity index (χ3n) is 3.47. The van der Waals surface area contributed by atoms with Crippen LogP contribution in [-0.4, -0.2) is 25.5 Å². The lowest BCUT2D eigenvalue weighted by Crippen LogP contribution is -2.40. The van der Waals surface area contributed by atoms with Crippen molar-refractivity contribution in [3.05, 3.63) is 66.0 Å². The summed E-state index contributed by atoms with van der Waals surface area (Å²) >= 11 is 0. The number of para-hydroxylation sites is 1. The Labute approximate surface area is 130 Å². The lowest BCUT2D eigenvalue weighted by atomic mass is 10.1. The van der Waals surface area contributed by atoms with Crippen LogP contribution in [0.4, 0.5) is 10.1 Å². The Morgan fingerprint density at radius 2 is 1.77 bits per heavy atom. The molecule has 0 fully saturated rings. The summed E-state index contributed by atoms with van der Waals surface area (Å²) in [5.74, 6) is -0.305. The Kier molecular flexibility index (Phi) is 5.53. The molecule has 0 saturated carbocycles. The third-order valence-corrected chi connectivity index (χ3v) is 3.47. The SMILES string of the molecule is CC(Cc1ccccc1F)NC(=O)CN(C)c1ccccc1. The number of carbonyl (C=O) groups excluding carboxylic acids is 1. The van der Waals surface area contributed by atoms with Crippen LogP contribution >= 0.6 is 0 Å². The van der Waals surface area contributed by atoms with Crippen molar-refractivity contribution in [2.45, 2.75) is 19.4 Å². The van der Waals surface area contributed by atoms with Crippen LogP contribution in [0.1, 0.15) is 12.5 Å². The zero-order chi connectivity index (χ0) is 15.9. The number of benzene rings is 2. The highest BCUT2D eigenvalue weighted by atomic mass is 19.1. The number of halogens is 1. The van der Waals surface area contributed by atoms with Gasteiger partial charge in [-0.15, -0.1) is 0 Å². The van der Waals surface area contributed by atoms with E-state index in [1.807, 2.05) is 49.2 Å². The summed E-state index contributed by atoms with van der Waals surface area (Å²) in [5, 5.41) is 2.91. The van der Waals surface area contributed by atoms with Crippen LogP contribution in [0.5, 0.6) is 0 Å². The van der Waals surface area contributed by atoms with Gasteiger partial charge in [-0.2, -0.15) is 0 Å². The standard InChI is InChI=1S/C18H21FN2O/c1-14(12-15-8-6-7-11-17(15)19)20-18(22)13-21(2)16-9-4-3-5-10-16/h3-11,14H,12-13H2,1-2H3,(H,20,22). The second-order valence-corrected chi connectivity index (χ2v) is 5.46. The van der Waals surface area contributed by atoms with Gasteiger partial charge < -0.3 is 10.2 Å². The van der Waals surface area contributed by atoms with Crippen molar-refractivity contribution < 1.29 is 9.18 Å². The lowest BCUT2D eigenvalue weighted by molar-refractivity contribution is -0.120. The number of nitrogens with zero attached hydrogens (tertiary/aromatic N) is 1. The summed E-state index contributed by atoms with van der Waals surface area (Å²) in [6, 6.07) is 16.2. The van der Waals surface area contributed by atoms with Gasteiger partial charge in [0, 0.05) is 18.8 Å². The molecule has 2 aromatic rings. The van der Waals surface area contributed by atoms with Crippen LogP contribution in [0.15, 0.2) is 54.6 Å². The van der Waals surface area contributed by atoms with E-state index in [1.165, 1.54) is 6.07 Å². The predicted octanol–water partition coefficient (Wildman–Crippen LogP) is 3.01. The molecule has 0 aliphatic carbocycles. The van der Waals surface area contributed by atoms with Crippen LogP contribution in [0, 0.1) is 5.82 Å². The number of amides is 1. The van der Waals surface area contributed by atoms with E-state index in [9.17, 15) is 9.18 Å². The van der Waals surface area contributed by atoms with Gasteiger partial charge in [0.15, 0.2) is 0 Å².